The Morgan fingerprint density at radius 1 is 1.00 bits per heavy atom. The minimum atomic E-state index is 0.0441. The van der Waals surface area contributed by atoms with Crippen LogP contribution in [-0.2, 0) is 4.79 Å². The van der Waals surface area contributed by atoms with E-state index in [9.17, 15) is 4.79 Å². The molecule has 6 heterocycles. The Morgan fingerprint density at radius 3 is 2.77 bits per heavy atom. The van der Waals surface area contributed by atoms with Gasteiger partial charge in [-0.1, -0.05) is 25.3 Å². The molecule has 0 saturated heterocycles. The van der Waals surface area contributed by atoms with E-state index in [0.717, 1.165) is 51.2 Å². The molecule has 9 nitrogen and oxygen atoms in total. The van der Waals surface area contributed by atoms with Crippen LogP contribution in [0, 0.1) is 5.92 Å². The number of hydrogen-bond donors (Lipinski definition) is 3. The summed E-state index contributed by atoms with van der Waals surface area (Å²) in [5, 5.41) is 12.7. The number of aromatic amines is 2. The highest BCUT2D eigenvalue weighted by molar-refractivity contribution is 7.13. The molecule has 1 fully saturated rings. The van der Waals surface area contributed by atoms with Gasteiger partial charge < -0.3 is 10.3 Å². The van der Waals surface area contributed by atoms with Gasteiger partial charge in [0.15, 0.2) is 11.5 Å². The van der Waals surface area contributed by atoms with Gasteiger partial charge in [0.1, 0.15) is 16.7 Å². The molecule has 0 aromatic carbocycles. The van der Waals surface area contributed by atoms with Crippen LogP contribution in [0.15, 0.2) is 60.4 Å². The normalized spacial score (nSPS) is 14.3. The number of nitrogens with one attached hydrogen (secondary N) is 3. The van der Waals surface area contributed by atoms with E-state index in [4.69, 9.17) is 9.97 Å². The second-order valence-corrected chi connectivity index (χ2v) is 10.9. The lowest BCUT2D eigenvalue weighted by atomic mass is 9.87. The fourth-order valence-corrected chi connectivity index (χ4v) is 6.10. The summed E-state index contributed by atoms with van der Waals surface area (Å²) in [7, 11) is 0. The lowest BCUT2D eigenvalue weighted by molar-refractivity contribution is -0.117. The maximum Gasteiger partial charge on any atom is 0.224 e. The Kier molecular flexibility index (Phi) is 6.08. The van der Waals surface area contributed by atoms with E-state index >= 15 is 0 Å². The molecule has 194 valence electrons. The van der Waals surface area contributed by atoms with Crippen molar-refractivity contribution in [3.8, 4) is 33.3 Å². The predicted octanol–water partition coefficient (Wildman–Crippen LogP) is 6.60. The standard InChI is InChI=1S/C29H26N8OS/c38-24(13-17-5-2-1-3-6-17)32-19-14-18(15-30-16-19)20-8-9-22-26(33-20)28(37-36-22)29-34-21-10-11-31-27(25(21)35-29)23-7-4-12-39-23/h4,7-12,14-17H,1-3,5-6,13H2,(H,32,38)(H,34,35)(H,36,37). The Balaban J connectivity index is 1.19. The maximum absolute atomic E-state index is 12.7. The zero-order valence-electron chi connectivity index (χ0n) is 21.1. The van der Waals surface area contributed by atoms with E-state index in [1.807, 2.05) is 41.8 Å². The van der Waals surface area contributed by atoms with Gasteiger partial charge in [-0.3, -0.25) is 19.9 Å². The quantitative estimate of drug-likeness (QED) is 0.221. The van der Waals surface area contributed by atoms with Gasteiger partial charge in [0, 0.05) is 24.4 Å². The first-order valence-corrected chi connectivity index (χ1v) is 14.1. The van der Waals surface area contributed by atoms with E-state index < -0.39 is 0 Å². The third kappa shape index (κ3) is 4.67. The average Bonchev–Trinajstić information content (AvgIpc) is 3.73. The zero-order valence-corrected chi connectivity index (χ0v) is 22.0. The highest BCUT2D eigenvalue weighted by atomic mass is 32.1. The molecule has 6 aromatic rings. The van der Waals surface area contributed by atoms with Crippen LogP contribution in [0.1, 0.15) is 38.5 Å². The molecule has 10 heteroatoms. The number of thiophene rings is 1. The van der Waals surface area contributed by atoms with Gasteiger partial charge in [0.05, 0.1) is 33.5 Å². The van der Waals surface area contributed by atoms with Gasteiger partial charge in [0.2, 0.25) is 5.91 Å². The summed E-state index contributed by atoms with van der Waals surface area (Å²) in [6.45, 7) is 0. The van der Waals surface area contributed by atoms with Crippen LogP contribution < -0.4 is 5.32 Å². The largest absolute Gasteiger partial charge is 0.336 e. The topological polar surface area (TPSA) is 125 Å². The molecule has 1 amide bonds. The molecule has 3 N–H and O–H groups in total. The summed E-state index contributed by atoms with van der Waals surface area (Å²) < 4.78 is 0. The molecule has 1 aliphatic carbocycles. The molecule has 0 aliphatic heterocycles. The Morgan fingerprint density at radius 2 is 1.90 bits per heavy atom. The van der Waals surface area contributed by atoms with Gasteiger partial charge in [-0.05, 0) is 54.5 Å². The van der Waals surface area contributed by atoms with Crippen molar-refractivity contribution >= 4 is 45.0 Å². The van der Waals surface area contributed by atoms with Crippen molar-refractivity contribution in [2.75, 3.05) is 5.32 Å². The number of nitrogens with zero attached hydrogens (tertiary/aromatic N) is 5. The van der Waals surface area contributed by atoms with Crippen LogP contribution in [0.4, 0.5) is 5.69 Å². The van der Waals surface area contributed by atoms with Gasteiger partial charge in [-0.25, -0.2) is 9.97 Å². The summed E-state index contributed by atoms with van der Waals surface area (Å²) in [6, 6.07) is 11.7. The Labute approximate surface area is 228 Å². The van der Waals surface area contributed by atoms with Crippen LogP contribution in [-0.4, -0.2) is 41.0 Å². The predicted molar refractivity (Wildman–Crippen MR) is 153 cm³/mol. The fraction of sp³-hybridized carbons (Fsp3) is 0.241. The van der Waals surface area contributed by atoms with Crippen LogP contribution in [0.5, 0.6) is 0 Å². The zero-order chi connectivity index (χ0) is 26.2. The van der Waals surface area contributed by atoms with Crippen LogP contribution in [0.25, 0.3) is 55.4 Å². The lowest BCUT2D eigenvalue weighted by Crippen LogP contribution is -2.18. The number of anilines is 1. The Bertz CT molecular complexity index is 1780. The second-order valence-electron chi connectivity index (χ2n) is 10.0. The number of fused-ring (bicyclic) bond motifs is 2. The molecule has 0 bridgehead atoms. The number of pyridine rings is 3. The first kappa shape index (κ1) is 23.7. The summed E-state index contributed by atoms with van der Waals surface area (Å²) in [4.78, 5) is 35.8. The number of amides is 1. The molecular formula is C29H26N8OS. The van der Waals surface area contributed by atoms with E-state index in [1.54, 1.807) is 29.9 Å². The van der Waals surface area contributed by atoms with E-state index in [0.29, 0.717) is 35.1 Å². The third-order valence-corrected chi connectivity index (χ3v) is 8.18. The maximum atomic E-state index is 12.7. The van der Waals surface area contributed by atoms with E-state index in [-0.39, 0.29) is 5.91 Å². The molecule has 0 unspecified atom stereocenters. The van der Waals surface area contributed by atoms with Gasteiger partial charge in [-0.2, -0.15) is 5.10 Å². The molecule has 0 atom stereocenters. The SMILES string of the molecule is O=C(CC1CCCCC1)Nc1cncc(-c2ccc3[nH]nc(-c4nc5c(-c6cccs6)nccc5[nH]4)c3n2)c1. The fourth-order valence-electron chi connectivity index (χ4n) is 5.38. The van der Waals surface area contributed by atoms with Gasteiger partial charge in [-0.15, -0.1) is 11.3 Å². The van der Waals surface area contributed by atoms with Crippen molar-refractivity contribution in [2.24, 2.45) is 5.92 Å². The van der Waals surface area contributed by atoms with Gasteiger partial charge >= 0.3 is 0 Å². The smallest absolute Gasteiger partial charge is 0.224 e. The molecular weight excluding hydrogens is 508 g/mol. The van der Waals surface area contributed by atoms with Crippen molar-refractivity contribution in [1.82, 2.24) is 35.1 Å². The molecule has 7 rings (SSSR count). The van der Waals surface area contributed by atoms with Crippen molar-refractivity contribution < 1.29 is 4.79 Å². The van der Waals surface area contributed by atoms with Crippen LogP contribution in [0.3, 0.4) is 0 Å². The molecule has 1 aliphatic rings. The van der Waals surface area contributed by atoms with Crippen LogP contribution >= 0.6 is 11.3 Å². The summed E-state index contributed by atoms with van der Waals surface area (Å²) in [5.74, 6) is 1.14. The first-order valence-electron chi connectivity index (χ1n) is 13.2. The first-order chi connectivity index (χ1) is 19.2. The van der Waals surface area contributed by atoms with Crippen molar-refractivity contribution in [3.05, 3.63) is 60.4 Å². The van der Waals surface area contributed by atoms with Crippen molar-refractivity contribution in [1.29, 1.82) is 0 Å². The van der Waals surface area contributed by atoms with Gasteiger partial charge in [0.25, 0.3) is 0 Å². The number of rotatable bonds is 6. The summed E-state index contributed by atoms with van der Waals surface area (Å²) in [5.41, 5.74) is 6.87. The minimum Gasteiger partial charge on any atom is -0.336 e. The number of carbonyl (C=O) groups is 1. The molecule has 0 radical (unpaired) electrons. The molecule has 39 heavy (non-hydrogen) atoms. The number of imidazole rings is 1. The summed E-state index contributed by atoms with van der Waals surface area (Å²) in [6.07, 6.45) is 11.8. The number of aromatic nitrogens is 7. The monoisotopic (exact) mass is 534 g/mol. The average molecular weight is 535 g/mol. The Hall–Kier alpha value is -4.44. The molecule has 0 spiro atoms. The molecule has 1 saturated carbocycles. The second kappa shape index (κ2) is 10.0. The number of carbonyl (C=O) groups excluding carboxylic acids is 1. The summed E-state index contributed by atoms with van der Waals surface area (Å²) >= 11 is 1.63. The number of H-pyrrole nitrogens is 2. The minimum absolute atomic E-state index is 0.0441. The number of hydrogen-bond acceptors (Lipinski definition) is 7. The van der Waals surface area contributed by atoms with E-state index in [2.05, 4.69) is 30.5 Å². The third-order valence-electron chi connectivity index (χ3n) is 7.30. The highest BCUT2D eigenvalue weighted by Crippen LogP contribution is 2.32. The van der Waals surface area contributed by atoms with E-state index in [1.165, 1.54) is 19.3 Å². The lowest BCUT2D eigenvalue weighted by Gasteiger charge is -2.20. The van der Waals surface area contributed by atoms with Crippen molar-refractivity contribution in [3.63, 3.8) is 0 Å². The molecule has 6 aromatic heterocycles. The van der Waals surface area contributed by atoms with Crippen molar-refractivity contribution in [2.45, 2.75) is 38.5 Å². The highest BCUT2D eigenvalue weighted by Gasteiger charge is 2.19. The van der Waals surface area contributed by atoms with Crippen LogP contribution in [0.2, 0.25) is 0 Å².